The molecule has 6 heteroatoms. The predicted molar refractivity (Wildman–Crippen MR) is 68.1 cm³/mol. The third kappa shape index (κ3) is 2.31. The van der Waals surface area contributed by atoms with Gasteiger partial charge in [-0.3, -0.25) is 4.79 Å². The molecule has 20 heavy (non-hydrogen) atoms. The number of nitrogens with zero attached hydrogens (tertiary/aromatic N) is 1. The van der Waals surface area contributed by atoms with Gasteiger partial charge in [-0.05, 0) is 31.9 Å². The summed E-state index contributed by atoms with van der Waals surface area (Å²) < 4.78 is 27.6. The van der Waals surface area contributed by atoms with E-state index in [0.717, 1.165) is 12.1 Å². The number of nitrogens with one attached hydrogen (secondary N) is 1. The lowest BCUT2D eigenvalue weighted by atomic mass is 9.85. The van der Waals surface area contributed by atoms with Crippen molar-refractivity contribution in [1.82, 2.24) is 0 Å². The van der Waals surface area contributed by atoms with Gasteiger partial charge < -0.3 is 10.4 Å². The van der Waals surface area contributed by atoms with Crippen LogP contribution < -0.4 is 5.32 Å². The van der Waals surface area contributed by atoms with Crippen molar-refractivity contribution < 1.29 is 18.7 Å². The standard InChI is InChI=1S/C14H14F2N2O2/c1-14(13(19)20)4-2-3-11(14)18-12-9(15)5-8(7-17)6-10(12)16/h5-6,11,18H,2-4H2,1H3,(H,19,20). The summed E-state index contributed by atoms with van der Waals surface area (Å²) in [5.41, 5.74) is -1.53. The lowest BCUT2D eigenvalue weighted by molar-refractivity contribution is -0.147. The lowest BCUT2D eigenvalue weighted by Crippen LogP contribution is -2.40. The Bertz CT molecular complexity index is 574. The maximum absolute atomic E-state index is 13.8. The van der Waals surface area contributed by atoms with Crippen molar-refractivity contribution in [3.05, 3.63) is 29.3 Å². The van der Waals surface area contributed by atoms with E-state index < -0.39 is 29.1 Å². The van der Waals surface area contributed by atoms with Crippen LogP contribution in [0.2, 0.25) is 0 Å². The van der Waals surface area contributed by atoms with Gasteiger partial charge in [-0.1, -0.05) is 6.42 Å². The second-order valence-electron chi connectivity index (χ2n) is 5.24. The number of hydrogen-bond acceptors (Lipinski definition) is 3. The maximum Gasteiger partial charge on any atom is 0.311 e. The molecule has 0 bridgehead atoms. The lowest BCUT2D eigenvalue weighted by Gasteiger charge is -2.28. The molecule has 0 aromatic heterocycles. The number of anilines is 1. The molecule has 1 saturated carbocycles. The van der Waals surface area contributed by atoms with Crippen molar-refractivity contribution in [2.45, 2.75) is 32.2 Å². The van der Waals surface area contributed by atoms with Crippen LogP contribution >= 0.6 is 0 Å². The molecule has 0 aliphatic heterocycles. The predicted octanol–water partition coefficient (Wildman–Crippen LogP) is 2.89. The topological polar surface area (TPSA) is 73.1 Å². The van der Waals surface area contributed by atoms with Crippen LogP contribution in [0.3, 0.4) is 0 Å². The number of halogens is 2. The zero-order valence-electron chi connectivity index (χ0n) is 10.9. The minimum Gasteiger partial charge on any atom is -0.481 e. The molecule has 4 nitrogen and oxygen atoms in total. The van der Waals surface area contributed by atoms with Crippen LogP contribution in [0.25, 0.3) is 0 Å². The van der Waals surface area contributed by atoms with Gasteiger partial charge in [0.05, 0.1) is 17.0 Å². The number of carboxylic acids is 1. The Morgan fingerprint density at radius 3 is 2.60 bits per heavy atom. The molecule has 2 rings (SSSR count). The molecule has 2 atom stereocenters. The summed E-state index contributed by atoms with van der Waals surface area (Å²) in [6.45, 7) is 1.57. The summed E-state index contributed by atoms with van der Waals surface area (Å²) in [7, 11) is 0. The molecule has 0 heterocycles. The quantitative estimate of drug-likeness (QED) is 0.892. The number of carbonyl (C=O) groups is 1. The summed E-state index contributed by atoms with van der Waals surface area (Å²) >= 11 is 0. The summed E-state index contributed by atoms with van der Waals surface area (Å²) in [5.74, 6) is -2.76. The summed E-state index contributed by atoms with van der Waals surface area (Å²) in [6, 6.07) is 2.98. The smallest absolute Gasteiger partial charge is 0.311 e. The Morgan fingerprint density at radius 1 is 1.50 bits per heavy atom. The van der Waals surface area contributed by atoms with E-state index in [1.807, 2.05) is 0 Å². The molecule has 1 aliphatic carbocycles. The Morgan fingerprint density at radius 2 is 2.10 bits per heavy atom. The average Bonchev–Trinajstić information content (AvgIpc) is 2.76. The normalized spacial score (nSPS) is 25.2. The van der Waals surface area contributed by atoms with E-state index in [4.69, 9.17) is 5.26 Å². The summed E-state index contributed by atoms with van der Waals surface area (Å²) in [4.78, 5) is 11.3. The molecule has 2 unspecified atom stereocenters. The van der Waals surface area contributed by atoms with Gasteiger partial charge >= 0.3 is 5.97 Å². The van der Waals surface area contributed by atoms with E-state index >= 15 is 0 Å². The molecule has 1 aromatic carbocycles. The van der Waals surface area contributed by atoms with Crippen molar-refractivity contribution in [1.29, 1.82) is 5.26 Å². The molecule has 0 radical (unpaired) electrons. The van der Waals surface area contributed by atoms with Gasteiger partial charge in [0.1, 0.15) is 5.69 Å². The Labute approximate surface area is 115 Å². The monoisotopic (exact) mass is 280 g/mol. The number of hydrogen-bond donors (Lipinski definition) is 2. The third-order valence-electron chi connectivity index (χ3n) is 3.94. The second-order valence-corrected chi connectivity index (χ2v) is 5.24. The minimum atomic E-state index is -1.05. The highest BCUT2D eigenvalue weighted by Gasteiger charge is 2.45. The van der Waals surface area contributed by atoms with Crippen molar-refractivity contribution in [2.75, 3.05) is 5.32 Å². The number of rotatable bonds is 3. The van der Waals surface area contributed by atoms with Crippen LogP contribution in [0.5, 0.6) is 0 Å². The van der Waals surface area contributed by atoms with E-state index in [1.54, 1.807) is 13.0 Å². The number of carboxylic acid groups (broad SMARTS) is 1. The first-order valence-corrected chi connectivity index (χ1v) is 6.27. The largest absolute Gasteiger partial charge is 0.481 e. The SMILES string of the molecule is CC1(C(=O)O)CCCC1Nc1c(F)cc(C#N)cc1F. The van der Waals surface area contributed by atoms with Gasteiger partial charge in [-0.15, -0.1) is 0 Å². The van der Waals surface area contributed by atoms with E-state index in [-0.39, 0.29) is 11.3 Å². The van der Waals surface area contributed by atoms with Crippen LogP contribution in [-0.4, -0.2) is 17.1 Å². The van der Waals surface area contributed by atoms with Gasteiger partial charge in [0.2, 0.25) is 0 Å². The van der Waals surface area contributed by atoms with Crippen molar-refractivity contribution in [3.63, 3.8) is 0 Å². The van der Waals surface area contributed by atoms with E-state index in [0.29, 0.717) is 19.3 Å². The van der Waals surface area contributed by atoms with Crippen molar-refractivity contribution in [3.8, 4) is 6.07 Å². The van der Waals surface area contributed by atoms with E-state index in [9.17, 15) is 18.7 Å². The van der Waals surface area contributed by atoms with E-state index in [1.165, 1.54) is 0 Å². The Balaban J connectivity index is 2.31. The highest BCUT2D eigenvalue weighted by Crippen LogP contribution is 2.40. The zero-order chi connectivity index (χ0) is 14.9. The van der Waals surface area contributed by atoms with Crippen molar-refractivity contribution >= 4 is 11.7 Å². The first-order valence-electron chi connectivity index (χ1n) is 6.27. The van der Waals surface area contributed by atoms with Gasteiger partial charge in [-0.2, -0.15) is 5.26 Å². The van der Waals surface area contributed by atoms with Gasteiger partial charge in [0.15, 0.2) is 11.6 Å². The van der Waals surface area contributed by atoms with Crippen LogP contribution in [-0.2, 0) is 4.79 Å². The molecule has 2 N–H and O–H groups in total. The van der Waals surface area contributed by atoms with Crippen LogP contribution in [0.4, 0.5) is 14.5 Å². The molecular weight excluding hydrogens is 266 g/mol. The van der Waals surface area contributed by atoms with Crippen LogP contribution in [0, 0.1) is 28.4 Å². The molecular formula is C14H14F2N2O2. The number of aliphatic carboxylic acids is 1. The Hall–Kier alpha value is -2.16. The van der Waals surface area contributed by atoms with Crippen LogP contribution in [0.15, 0.2) is 12.1 Å². The fourth-order valence-corrected chi connectivity index (χ4v) is 2.60. The number of nitriles is 1. The fraction of sp³-hybridized carbons (Fsp3) is 0.429. The Kier molecular flexibility index (Phi) is 3.62. The van der Waals surface area contributed by atoms with Gasteiger partial charge in [-0.25, -0.2) is 8.78 Å². The highest BCUT2D eigenvalue weighted by atomic mass is 19.1. The third-order valence-corrected chi connectivity index (χ3v) is 3.94. The number of benzene rings is 1. The molecule has 0 spiro atoms. The minimum absolute atomic E-state index is 0.113. The molecule has 0 amide bonds. The van der Waals surface area contributed by atoms with E-state index in [2.05, 4.69) is 5.32 Å². The molecule has 0 saturated heterocycles. The first-order chi connectivity index (χ1) is 9.38. The molecule has 1 fully saturated rings. The molecule has 1 aliphatic rings. The second kappa shape index (κ2) is 5.08. The van der Waals surface area contributed by atoms with Crippen LogP contribution in [0.1, 0.15) is 31.7 Å². The summed E-state index contributed by atoms with van der Waals surface area (Å²) in [6.07, 6.45) is 1.67. The highest BCUT2D eigenvalue weighted by molar-refractivity contribution is 5.76. The average molecular weight is 280 g/mol. The first kappa shape index (κ1) is 14.3. The van der Waals surface area contributed by atoms with Gasteiger partial charge in [0, 0.05) is 6.04 Å². The molecule has 106 valence electrons. The molecule has 1 aromatic rings. The zero-order valence-corrected chi connectivity index (χ0v) is 10.9. The van der Waals surface area contributed by atoms with Gasteiger partial charge in [0.25, 0.3) is 0 Å². The summed E-state index contributed by atoms with van der Waals surface area (Å²) in [5, 5.41) is 20.6. The maximum atomic E-state index is 13.8. The fourth-order valence-electron chi connectivity index (χ4n) is 2.60. The van der Waals surface area contributed by atoms with Crippen molar-refractivity contribution in [2.24, 2.45) is 5.41 Å².